The second-order valence-corrected chi connectivity index (χ2v) is 4.41. The molecular formula is C12H14N4O3. The summed E-state index contributed by atoms with van der Waals surface area (Å²) in [6.45, 7) is 4.07. The van der Waals surface area contributed by atoms with Crippen LogP contribution in [0.15, 0.2) is 22.7 Å². The molecule has 1 heterocycles. The quantitative estimate of drug-likeness (QED) is 0.667. The van der Waals surface area contributed by atoms with Gasteiger partial charge in [0.1, 0.15) is 0 Å². The topological polar surface area (TPSA) is 108 Å². The molecule has 0 aliphatic heterocycles. The number of non-ortho nitro benzene ring substituents is 1. The molecule has 19 heavy (non-hydrogen) atoms. The van der Waals surface area contributed by atoms with E-state index >= 15 is 0 Å². The monoisotopic (exact) mass is 262 g/mol. The van der Waals surface area contributed by atoms with E-state index in [1.165, 1.54) is 12.1 Å². The molecule has 0 bridgehead atoms. The average Bonchev–Trinajstić information content (AvgIpc) is 2.86. The largest absolute Gasteiger partial charge is 0.334 e. The van der Waals surface area contributed by atoms with Crippen molar-refractivity contribution in [2.75, 3.05) is 6.54 Å². The SMILES string of the molecule is Cc1cc(-c2nc(C(C)CN)no2)cc([N+](=O)[O-])c1. The highest BCUT2D eigenvalue weighted by Gasteiger charge is 2.16. The van der Waals surface area contributed by atoms with Gasteiger partial charge in [-0.3, -0.25) is 10.1 Å². The molecule has 1 unspecified atom stereocenters. The van der Waals surface area contributed by atoms with Crippen molar-refractivity contribution in [2.45, 2.75) is 19.8 Å². The minimum Gasteiger partial charge on any atom is -0.334 e. The standard InChI is InChI=1S/C12H14N4O3/c1-7-3-9(5-10(4-7)16(17)18)12-14-11(15-19-12)8(2)6-13/h3-5,8H,6,13H2,1-2H3. The first-order valence-corrected chi connectivity index (χ1v) is 5.81. The number of hydrogen-bond acceptors (Lipinski definition) is 6. The summed E-state index contributed by atoms with van der Waals surface area (Å²) in [7, 11) is 0. The van der Waals surface area contributed by atoms with E-state index in [0.717, 1.165) is 5.56 Å². The van der Waals surface area contributed by atoms with E-state index in [-0.39, 0.29) is 17.5 Å². The van der Waals surface area contributed by atoms with Crippen LogP contribution in [0.3, 0.4) is 0 Å². The van der Waals surface area contributed by atoms with Crippen LogP contribution >= 0.6 is 0 Å². The van der Waals surface area contributed by atoms with E-state index in [1.807, 2.05) is 6.92 Å². The maximum atomic E-state index is 10.8. The van der Waals surface area contributed by atoms with E-state index in [2.05, 4.69) is 10.1 Å². The van der Waals surface area contributed by atoms with Crippen LogP contribution in [0.4, 0.5) is 5.69 Å². The molecule has 0 fully saturated rings. The third kappa shape index (κ3) is 2.76. The Bertz CT molecular complexity index is 609. The zero-order valence-corrected chi connectivity index (χ0v) is 10.7. The zero-order chi connectivity index (χ0) is 14.0. The minimum atomic E-state index is -0.448. The normalized spacial score (nSPS) is 12.4. The van der Waals surface area contributed by atoms with Crippen molar-refractivity contribution in [1.82, 2.24) is 10.1 Å². The first-order chi connectivity index (χ1) is 9.01. The van der Waals surface area contributed by atoms with Gasteiger partial charge in [0.25, 0.3) is 11.6 Å². The molecule has 1 aromatic heterocycles. The number of nitro groups is 1. The van der Waals surface area contributed by atoms with Gasteiger partial charge in [-0.05, 0) is 18.6 Å². The Morgan fingerprint density at radius 2 is 2.21 bits per heavy atom. The third-order valence-electron chi connectivity index (χ3n) is 2.76. The first-order valence-electron chi connectivity index (χ1n) is 5.81. The van der Waals surface area contributed by atoms with Gasteiger partial charge in [-0.25, -0.2) is 0 Å². The summed E-state index contributed by atoms with van der Waals surface area (Å²) in [6, 6.07) is 4.66. The highest BCUT2D eigenvalue weighted by atomic mass is 16.6. The maximum absolute atomic E-state index is 10.8. The molecule has 2 rings (SSSR count). The Balaban J connectivity index is 2.41. The maximum Gasteiger partial charge on any atom is 0.270 e. The van der Waals surface area contributed by atoms with Gasteiger partial charge in [-0.15, -0.1) is 0 Å². The Morgan fingerprint density at radius 3 is 2.84 bits per heavy atom. The molecule has 7 nitrogen and oxygen atoms in total. The summed E-state index contributed by atoms with van der Waals surface area (Å²) >= 11 is 0. The second kappa shape index (κ2) is 5.15. The number of aryl methyl sites for hydroxylation is 1. The Labute approximate surface area is 109 Å². The number of nitro benzene ring substituents is 1. The number of benzene rings is 1. The van der Waals surface area contributed by atoms with Crippen LogP contribution < -0.4 is 5.73 Å². The van der Waals surface area contributed by atoms with Crippen LogP contribution in [0, 0.1) is 17.0 Å². The van der Waals surface area contributed by atoms with Crippen LogP contribution in [0.1, 0.15) is 24.2 Å². The van der Waals surface area contributed by atoms with Crippen molar-refractivity contribution in [3.63, 3.8) is 0 Å². The highest BCUT2D eigenvalue weighted by Crippen LogP contribution is 2.25. The van der Waals surface area contributed by atoms with Crippen LogP contribution in [0.5, 0.6) is 0 Å². The molecule has 0 amide bonds. The predicted octanol–water partition coefficient (Wildman–Crippen LogP) is 2.02. The van der Waals surface area contributed by atoms with Crippen molar-refractivity contribution in [3.8, 4) is 11.5 Å². The van der Waals surface area contributed by atoms with E-state index in [4.69, 9.17) is 10.3 Å². The molecule has 0 aliphatic rings. The van der Waals surface area contributed by atoms with Crippen molar-refractivity contribution >= 4 is 5.69 Å². The molecule has 2 aromatic rings. The second-order valence-electron chi connectivity index (χ2n) is 4.41. The Morgan fingerprint density at radius 1 is 1.47 bits per heavy atom. The summed E-state index contributed by atoms with van der Waals surface area (Å²) in [5.74, 6) is 0.751. The summed E-state index contributed by atoms with van der Waals surface area (Å²) in [5.41, 5.74) is 6.83. The Hall–Kier alpha value is -2.28. The lowest BCUT2D eigenvalue weighted by Gasteiger charge is -1.99. The smallest absolute Gasteiger partial charge is 0.270 e. The highest BCUT2D eigenvalue weighted by molar-refractivity contribution is 5.59. The van der Waals surface area contributed by atoms with Crippen molar-refractivity contribution in [1.29, 1.82) is 0 Å². The summed E-state index contributed by atoms with van der Waals surface area (Å²) in [4.78, 5) is 14.6. The third-order valence-corrected chi connectivity index (χ3v) is 2.76. The number of aromatic nitrogens is 2. The molecule has 1 atom stereocenters. The number of rotatable bonds is 4. The molecule has 0 saturated carbocycles. The molecule has 0 spiro atoms. The van der Waals surface area contributed by atoms with Gasteiger partial charge in [0.05, 0.1) is 4.92 Å². The number of nitrogens with two attached hydrogens (primary N) is 1. The lowest BCUT2D eigenvalue weighted by Crippen LogP contribution is -2.10. The van der Waals surface area contributed by atoms with Crippen molar-refractivity contribution in [2.24, 2.45) is 5.73 Å². The van der Waals surface area contributed by atoms with Gasteiger partial charge < -0.3 is 10.3 Å². The molecule has 0 aliphatic carbocycles. The van der Waals surface area contributed by atoms with Gasteiger partial charge in [0.15, 0.2) is 5.82 Å². The van der Waals surface area contributed by atoms with E-state index in [9.17, 15) is 10.1 Å². The van der Waals surface area contributed by atoms with Gasteiger partial charge in [0, 0.05) is 30.2 Å². The van der Waals surface area contributed by atoms with Gasteiger partial charge in [0.2, 0.25) is 0 Å². The fourth-order valence-corrected chi connectivity index (χ4v) is 1.65. The van der Waals surface area contributed by atoms with Gasteiger partial charge >= 0.3 is 0 Å². The molecule has 0 radical (unpaired) electrons. The molecule has 100 valence electrons. The van der Waals surface area contributed by atoms with Crippen LogP contribution in [-0.4, -0.2) is 21.6 Å². The van der Waals surface area contributed by atoms with Crippen LogP contribution in [0.2, 0.25) is 0 Å². The molecule has 7 heteroatoms. The predicted molar refractivity (Wildman–Crippen MR) is 68.6 cm³/mol. The van der Waals surface area contributed by atoms with E-state index < -0.39 is 4.92 Å². The van der Waals surface area contributed by atoms with E-state index in [0.29, 0.717) is 17.9 Å². The number of nitrogens with zero attached hydrogens (tertiary/aromatic N) is 3. The molecule has 2 N–H and O–H groups in total. The van der Waals surface area contributed by atoms with E-state index in [1.54, 1.807) is 13.0 Å². The van der Waals surface area contributed by atoms with Gasteiger partial charge in [-0.2, -0.15) is 4.98 Å². The lowest BCUT2D eigenvalue weighted by molar-refractivity contribution is -0.384. The summed E-state index contributed by atoms with van der Waals surface area (Å²) < 4.78 is 5.12. The molecular weight excluding hydrogens is 248 g/mol. The average molecular weight is 262 g/mol. The minimum absolute atomic E-state index is 0.00150. The first kappa shape index (κ1) is 13.2. The summed E-state index contributed by atoms with van der Waals surface area (Å²) in [5, 5.41) is 14.7. The van der Waals surface area contributed by atoms with Crippen molar-refractivity contribution < 1.29 is 9.45 Å². The molecule has 1 aromatic carbocycles. The van der Waals surface area contributed by atoms with Gasteiger partial charge in [-0.1, -0.05) is 12.1 Å². The van der Waals surface area contributed by atoms with Crippen LogP contribution in [0.25, 0.3) is 11.5 Å². The molecule has 0 saturated heterocycles. The number of hydrogen-bond donors (Lipinski definition) is 1. The zero-order valence-electron chi connectivity index (χ0n) is 10.7. The van der Waals surface area contributed by atoms with Crippen LogP contribution in [-0.2, 0) is 0 Å². The Kier molecular flexibility index (Phi) is 3.57. The van der Waals surface area contributed by atoms with Crippen molar-refractivity contribution in [3.05, 3.63) is 39.7 Å². The fourth-order valence-electron chi connectivity index (χ4n) is 1.65. The summed E-state index contributed by atoms with van der Waals surface area (Å²) in [6.07, 6.45) is 0. The fraction of sp³-hybridized carbons (Fsp3) is 0.333. The lowest BCUT2D eigenvalue weighted by atomic mass is 10.1.